The van der Waals surface area contributed by atoms with Crippen LogP contribution in [0.25, 0.3) is 0 Å². The minimum absolute atomic E-state index is 0.121. The van der Waals surface area contributed by atoms with Gasteiger partial charge >= 0.3 is 0 Å². The van der Waals surface area contributed by atoms with E-state index in [1.807, 2.05) is 0 Å². The van der Waals surface area contributed by atoms with E-state index in [-0.39, 0.29) is 5.60 Å². The summed E-state index contributed by atoms with van der Waals surface area (Å²) in [5.74, 6) is 1.46. The standard InChI is InChI=1S/C14H29NO/c1-11(2)9-15-10-12(3)8-13-6-7-14(4,5)16-13/h11-13,15H,6-10H2,1-5H3. The van der Waals surface area contributed by atoms with E-state index < -0.39 is 0 Å². The molecule has 0 amide bonds. The third kappa shape index (κ3) is 5.31. The minimum atomic E-state index is 0.121. The summed E-state index contributed by atoms with van der Waals surface area (Å²) in [5, 5.41) is 3.52. The molecule has 0 bridgehead atoms. The molecule has 96 valence electrons. The van der Waals surface area contributed by atoms with Crippen molar-refractivity contribution in [3.05, 3.63) is 0 Å². The van der Waals surface area contributed by atoms with Gasteiger partial charge in [0.2, 0.25) is 0 Å². The van der Waals surface area contributed by atoms with Gasteiger partial charge in [0, 0.05) is 0 Å². The summed E-state index contributed by atoms with van der Waals surface area (Å²) in [5.41, 5.74) is 0.121. The zero-order chi connectivity index (χ0) is 12.2. The highest BCUT2D eigenvalue weighted by atomic mass is 16.5. The fourth-order valence-electron chi connectivity index (χ4n) is 2.39. The second kappa shape index (κ2) is 6.02. The Morgan fingerprint density at radius 3 is 2.44 bits per heavy atom. The third-order valence-electron chi connectivity index (χ3n) is 3.26. The van der Waals surface area contributed by atoms with Crippen molar-refractivity contribution in [3.8, 4) is 0 Å². The van der Waals surface area contributed by atoms with Crippen LogP contribution in [-0.4, -0.2) is 24.8 Å². The predicted molar refractivity (Wildman–Crippen MR) is 69.7 cm³/mol. The first-order chi connectivity index (χ1) is 7.39. The first-order valence-corrected chi connectivity index (χ1v) is 6.77. The predicted octanol–water partition coefficient (Wildman–Crippen LogP) is 3.22. The van der Waals surface area contributed by atoms with Gasteiger partial charge in [0.1, 0.15) is 0 Å². The molecule has 0 aromatic rings. The van der Waals surface area contributed by atoms with Crippen LogP contribution in [0.5, 0.6) is 0 Å². The Morgan fingerprint density at radius 1 is 1.25 bits per heavy atom. The average molecular weight is 227 g/mol. The summed E-state index contributed by atoms with van der Waals surface area (Å²) >= 11 is 0. The molecule has 1 rings (SSSR count). The molecule has 0 radical (unpaired) electrons. The molecule has 0 aromatic heterocycles. The van der Waals surface area contributed by atoms with Gasteiger partial charge in [-0.1, -0.05) is 20.8 Å². The molecule has 0 saturated carbocycles. The van der Waals surface area contributed by atoms with Gasteiger partial charge in [0.25, 0.3) is 0 Å². The van der Waals surface area contributed by atoms with Crippen LogP contribution >= 0.6 is 0 Å². The minimum Gasteiger partial charge on any atom is -0.372 e. The first kappa shape index (κ1) is 14.0. The summed E-state index contributed by atoms with van der Waals surface area (Å²) < 4.78 is 6.02. The molecule has 2 unspecified atom stereocenters. The molecule has 2 heteroatoms. The Hall–Kier alpha value is -0.0800. The molecule has 1 N–H and O–H groups in total. The number of hydrogen-bond donors (Lipinski definition) is 1. The number of rotatable bonds is 6. The Balaban J connectivity index is 2.13. The molecule has 16 heavy (non-hydrogen) atoms. The van der Waals surface area contributed by atoms with E-state index >= 15 is 0 Å². The second-order valence-electron chi connectivity index (χ2n) is 6.43. The van der Waals surface area contributed by atoms with Crippen molar-refractivity contribution in [2.75, 3.05) is 13.1 Å². The lowest BCUT2D eigenvalue weighted by Crippen LogP contribution is -2.28. The molecule has 1 saturated heterocycles. The van der Waals surface area contributed by atoms with Crippen molar-refractivity contribution in [1.82, 2.24) is 5.32 Å². The lowest BCUT2D eigenvalue weighted by Gasteiger charge is -2.22. The molecular formula is C14H29NO. The van der Waals surface area contributed by atoms with E-state index in [4.69, 9.17) is 4.74 Å². The van der Waals surface area contributed by atoms with Crippen molar-refractivity contribution < 1.29 is 4.74 Å². The van der Waals surface area contributed by atoms with Gasteiger partial charge < -0.3 is 10.1 Å². The largest absolute Gasteiger partial charge is 0.372 e. The van der Waals surface area contributed by atoms with Crippen LogP contribution in [0.15, 0.2) is 0 Å². The van der Waals surface area contributed by atoms with Crippen LogP contribution in [0, 0.1) is 11.8 Å². The van der Waals surface area contributed by atoms with Crippen LogP contribution in [0.3, 0.4) is 0 Å². The zero-order valence-electron chi connectivity index (χ0n) is 11.7. The van der Waals surface area contributed by atoms with Crippen LogP contribution in [0.2, 0.25) is 0 Å². The maximum atomic E-state index is 6.02. The van der Waals surface area contributed by atoms with Gasteiger partial charge in [-0.15, -0.1) is 0 Å². The lowest BCUT2D eigenvalue weighted by molar-refractivity contribution is -0.0235. The van der Waals surface area contributed by atoms with Gasteiger partial charge in [-0.3, -0.25) is 0 Å². The van der Waals surface area contributed by atoms with Gasteiger partial charge in [0.05, 0.1) is 11.7 Å². The van der Waals surface area contributed by atoms with E-state index in [1.165, 1.54) is 19.3 Å². The van der Waals surface area contributed by atoms with Crippen molar-refractivity contribution in [1.29, 1.82) is 0 Å². The molecule has 1 aliphatic rings. The van der Waals surface area contributed by atoms with E-state index in [2.05, 4.69) is 39.9 Å². The molecular weight excluding hydrogens is 198 g/mol. The van der Waals surface area contributed by atoms with E-state index in [1.54, 1.807) is 0 Å². The summed E-state index contributed by atoms with van der Waals surface area (Å²) in [6.45, 7) is 13.5. The normalized spacial score (nSPS) is 26.2. The summed E-state index contributed by atoms with van der Waals surface area (Å²) in [6.07, 6.45) is 4.14. The highest BCUT2D eigenvalue weighted by Crippen LogP contribution is 2.32. The molecule has 0 aliphatic carbocycles. The van der Waals surface area contributed by atoms with Gasteiger partial charge in [0.15, 0.2) is 0 Å². The summed E-state index contributed by atoms with van der Waals surface area (Å²) in [6, 6.07) is 0. The molecule has 0 spiro atoms. The smallest absolute Gasteiger partial charge is 0.0631 e. The molecule has 1 heterocycles. The van der Waals surface area contributed by atoms with Crippen molar-refractivity contribution in [2.24, 2.45) is 11.8 Å². The highest BCUT2D eigenvalue weighted by molar-refractivity contribution is 4.81. The van der Waals surface area contributed by atoms with Gasteiger partial charge in [-0.25, -0.2) is 0 Å². The number of ether oxygens (including phenoxy) is 1. The molecule has 2 atom stereocenters. The van der Waals surface area contributed by atoms with E-state index in [9.17, 15) is 0 Å². The van der Waals surface area contributed by atoms with E-state index in [0.717, 1.165) is 24.9 Å². The fraction of sp³-hybridized carbons (Fsp3) is 1.00. The maximum Gasteiger partial charge on any atom is 0.0631 e. The van der Waals surface area contributed by atoms with E-state index in [0.29, 0.717) is 6.10 Å². The molecule has 2 nitrogen and oxygen atoms in total. The summed E-state index contributed by atoms with van der Waals surface area (Å²) in [4.78, 5) is 0. The van der Waals surface area contributed by atoms with Crippen LogP contribution < -0.4 is 5.32 Å². The fourth-order valence-corrected chi connectivity index (χ4v) is 2.39. The SMILES string of the molecule is CC(C)CNCC(C)CC1CCC(C)(C)O1. The average Bonchev–Trinajstić information content (AvgIpc) is 2.44. The van der Waals surface area contributed by atoms with Crippen molar-refractivity contribution in [3.63, 3.8) is 0 Å². The van der Waals surface area contributed by atoms with Crippen LogP contribution in [-0.2, 0) is 4.74 Å². The van der Waals surface area contributed by atoms with Crippen LogP contribution in [0.1, 0.15) is 53.9 Å². The maximum absolute atomic E-state index is 6.02. The quantitative estimate of drug-likeness (QED) is 0.752. The van der Waals surface area contributed by atoms with Gasteiger partial charge in [-0.2, -0.15) is 0 Å². The second-order valence-corrected chi connectivity index (χ2v) is 6.43. The van der Waals surface area contributed by atoms with Crippen LogP contribution in [0.4, 0.5) is 0 Å². The highest BCUT2D eigenvalue weighted by Gasteiger charge is 2.32. The Morgan fingerprint density at radius 2 is 1.94 bits per heavy atom. The van der Waals surface area contributed by atoms with Crippen molar-refractivity contribution >= 4 is 0 Å². The first-order valence-electron chi connectivity index (χ1n) is 6.77. The molecule has 1 fully saturated rings. The lowest BCUT2D eigenvalue weighted by atomic mass is 10.00. The monoisotopic (exact) mass is 227 g/mol. The topological polar surface area (TPSA) is 21.3 Å². The Bertz CT molecular complexity index is 201. The molecule has 0 aromatic carbocycles. The Kier molecular flexibility index (Phi) is 5.26. The van der Waals surface area contributed by atoms with Gasteiger partial charge in [-0.05, 0) is 58.0 Å². The zero-order valence-corrected chi connectivity index (χ0v) is 11.7. The molecule has 1 aliphatic heterocycles. The number of hydrogen-bond acceptors (Lipinski definition) is 2. The summed E-state index contributed by atoms with van der Waals surface area (Å²) in [7, 11) is 0. The number of nitrogens with one attached hydrogen (secondary N) is 1. The third-order valence-corrected chi connectivity index (χ3v) is 3.26. The van der Waals surface area contributed by atoms with Crippen molar-refractivity contribution in [2.45, 2.75) is 65.6 Å². The Labute approximate surface area is 101 Å².